The Hall–Kier alpha value is -0.670. The fraction of sp³-hybridized carbons (Fsp3) is 0.889. The van der Waals surface area contributed by atoms with Gasteiger partial charge in [-0.25, -0.2) is 0 Å². The van der Waals surface area contributed by atoms with Crippen molar-refractivity contribution < 1.29 is 13.6 Å². The molecule has 1 fully saturated rings. The van der Waals surface area contributed by atoms with E-state index < -0.39 is 11.8 Å². The van der Waals surface area contributed by atoms with E-state index in [4.69, 9.17) is 0 Å². The fourth-order valence-corrected chi connectivity index (χ4v) is 1.56. The molecule has 1 rings (SSSR count). The monoisotopic (exact) mass is 191 g/mol. The molecule has 0 aliphatic carbocycles. The third-order valence-electron chi connectivity index (χ3n) is 2.34. The van der Waals surface area contributed by atoms with Gasteiger partial charge < -0.3 is 4.90 Å². The van der Waals surface area contributed by atoms with Crippen molar-refractivity contribution in [3.05, 3.63) is 0 Å². The summed E-state index contributed by atoms with van der Waals surface area (Å²) in [7, 11) is 0. The number of rotatable bonds is 1. The van der Waals surface area contributed by atoms with Crippen LogP contribution in [0.15, 0.2) is 0 Å². The lowest BCUT2D eigenvalue weighted by Crippen LogP contribution is -2.41. The molecule has 0 aromatic carbocycles. The van der Waals surface area contributed by atoms with Crippen molar-refractivity contribution in [1.29, 1.82) is 0 Å². The predicted octanol–water partition coefficient (Wildman–Crippen LogP) is 1.90. The molecule has 1 aliphatic heterocycles. The van der Waals surface area contributed by atoms with Gasteiger partial charge in [0.25, 0.3) is 5.91 Å². The molecule has 1 heterocycles. The third kappa shape index (κ3) is 2.39. The van der Waals surface area contributed by atoms with Gasteiger partial charge in [-0.3, -0.25) is 4.79 Å². The van der Waals surface area contributed by atoms with Crippen LogP contribution in [0, 0.1) is 5.41 Å². The van der Waals surface area contributed by atoms with Gasteiger partial charge in [-0.2, -0.15) is 8.78 Å². The molecule has 76 valence electrons. The molecule has 2 nitrogen and oxygen atoms in total. The highest BCUT2D eigenvalue weighted by molar-refractivity contribution is 5.83. The number of carbonyl (C=O) groups is 1. The first-order valence-electron chi connectivity index (χ1n) is 4.40. The first-order valence-corrected chi connectivity index (χ1v) is 4.40. The maximum Gasteiger partial charge on any atom is 0.322 e. The van der Waals surface area contributed by atoms with Gasteiger partial charge in [0.15, 0.2) is 0 Å². The zero-order chi connectivity index (χ0) is 10.3. The molecule has 0 aromatic heterocycles. The standard InChI is InChI=1S/C9H15F2NO/c1-8(2)4-5-12(6-8)7(13)9(3,10)11/h4-6H2,1-3H3. The second-order valence-corrected chi connectivity index (χ2v) is 4.53. The maximum absolute atomic E-state index is 12.6. The molecule has 1 aliphatic rings. The topological polar surface area (TPSA) is 20.3 Å². The van der Waals surface area contributed by atoms with E-state index in [0.29, 0.717) is 20.0 Å². The average Bonchev–Trinajstić information content (AvgIpc) is 2.26. The van der Waals surface area contributed by atoms with Crippen LogP contribution in [0.5, 0.6) is 0 Å². The van der Waals surface area contributed by atoms with E-state index in [9.17, 15) is 13.6 Å². The van der Waals surface area contributed by atoms with Crippen LogP contribution in [0.2, 0.25) is 0 Å². The number of halogens is 2. The van der Waals surface area contributed by atoms with Crippen LogP contribution in [0.25, 0.3) is 0 Å². The molecule has 0 aromatic rings. The Balaban J connectivity index is 2.62. The van der Waals surface area contributed by atoms with Gasteiger partial charge in [-0.05, 0) is 11.8 Å². The molecular formula is C9H15F2NO. The Bertz CT molecular complexity index is 220. The van der Waals surface area contributed by atoms with Crippen LogP contribution < -0.4 is 0 Å². The summed E-state index contributed by atoms with van der Waals surface area (Å²) in [6.07, 6.45) is 0.800. The van der Waals surface area contributed by atoms with E-state index in [0.717, 1.165) is 6.42 Å². The number of hydrogen-bond donors (Lipinski definition) is 0. The second kappa shape index (κ2) is 2.93. The van der Waals surface area contributed by atoms with Gasteiger partial charge in [0.2, 0.25) is 0 Å². The smallest absolute Gasteiger partial charge is 0.322 e. The molecule has 0 radical (unpaired) electrons. The zero-order valence-corrected chi connectivity index (χ0v) is 8.23. The minimum absolute atomic E-state index is 0.0130. The van der Waals surface area contributed by atoms with Gasteiger partial charge in [-0.1, -0.05) is 13.8 Å². The summed E-state index contributed by atoms with van der Waals surface area (Å²) in [6, 6.07) is 0. The number of hydrogen-bond acceptors (Lipinski definition) is 1. The van der Waals surface area contributed by atoms with Crippen LogP contribution in [0.4, 0.5) is 8.78 Å². The number of carbonyl (C=O) groups excluding carboxylic acids is 1. The van der Waals surface area contributed by atoms with Gasteiger partial charge >= 0.3 is 5.92 Å². The number of likely N-dealkylation sites (tertiary alicyclic amines) is 1. The molecule has 0 bridgehead atoms. The Kier molecular flexibility index (Phi) is 2.34. The molecule has 0 N–H and O–H groups in total. The lowest BCUT2D eigenvalue weighted by atomic mass is 9.93. The Morgan fingerprint density at radius 3 is 2.31 bits per heavy atom. The molecular weight excluding hydrogens is 176 g/mol. The summed E-state index contributed by atoms with van der Waals surface area (Å²) in [5.41, 5.74) is -0.0130. The highest BCUT2D eigenvalue weighted by Gasteiger charge is 2.41. The lowest BCUT2D eigenvalue weighted by Gasteiger charge is -2.22. The SMILES string of the molecule is CC1(C)CCN(C(=O)C(C)(F)F)C1. The fourth-order valence-electron chi connectivity index (χ4n) is 1.56. The minimum Gasteiger partial charge on any atom is -0.337 e. The van der Waals surface area contributed by atoms with Crippen LogP contribution in [0.1, 0.15) is 27.2 Å². The van der Waals surface area contributed by atoms with E-state index in [2.05, 4.69) is 0 Å². The van der Waals surface area contributed by atoms with E-state index >= 15 is 0 Å². The average molecular weight is 191 g/mol. The van der Waals surface area contributed by atoms with Crippen LogP contribution in [-0.4, -0.2) is 29.8 Å². The normalized spacial score (nSPS) is 22.1. The Morgan fingerprint density at radius 1 is 1.46 bits per heavy atom. The van der Waals surface area contributed by atoms with Gasteiger partial charge in [0.05, 0.1) is 0 Å². The summed E-state index contributed by atoms with van der Waals surface area (Å²) in [6.45, 7) is 5.51. The first-order chi connectivity index (χ1) is 5.72. The minimum atomic E-state index is -3.22. The molecule has 1 amide bonds. The number of alkyl halides is 2. The lowest BCUT2D eigenvalue weighted by molar-refractivity contribution is -0.154. The van der Waals surface area contributed by atoms with Crippen molar-refractivity contribution in [3.8, 4) is 0 Å². The Morgan fingerprint density at radius 2 is 2.00 bits per heavy atom. The van der Waals surface area contributed by atoms with Crippen molar-refractivity contribution in [2.75, 3.05) is 13.1 Å². The van der Waals surface area contributed by atoms with Gasteiger partial charge in [0.1, 0.15) is 0 Å². The molecule has 0 atom stereocenters. The molecule has 13 heavy (non-hydrogen) atoms. The van der Waals surface area contributed by atoms with Crippen LogP contribution >= 0.6 is 0 Å². The van der Waals surface area contributed by atoms with Crippen molar-refractivity contribution in [2.24, 2.45) is 5.41 Å². The van der Waals surface area contributed by atoms with E-state index in [-0.39, 0.29) is 5.41 Å². The summed E-state index contributed by atoms with van der Waals surface area (Å²) < 4.78 is 25.3. The summed E-state index contributed by atoms with van der Waals surface area (Å²) in [4.78, 5) is 12.4. The second-order valence-electron chi connectivity index (χ2n) is 4.53. The van der Waals surface area contributed by atoms with Gasteiger partial charge in [0, 0.05) is 20.0 Å². The summed E-state index contributed by atoms with van der Waals surface area (Å²) >= 11 is 0. The quantitative estimate of drug-likeness (QED) is 0.620. The predicted molar refractivity (Wildman–Crippen MR) is 45.6 cm³/mol. The van der Waals surface area contributed by atoms with Crippen molar-refractivity contribution in [3.63, 3.8) is 0 Å². The molecule has 1 saturated heterocycles. The molecule has 0 saturated carbocycles. The van der Waals surface area contributed by atoms with Crippen LogP contribution in [-0.2, 0) is 4.79 Å². The molecule has 0 spiro atoms. The summed E-state index contributed by atoms with van der Waals surface area (Å²) in [5, 5.41) is 0. The highest BCUT2D eigenvalue weighted by atomic mass is 19.3. The molecule has 4 heteroatoms. The van der Waals surface area contributed by atoms with Crippen LogP contribution in [0.3, 0.4) is 0 Å². The van der Waals surface area contributed by atoms with E-state index in [1.165, 1.54) is 4.90 Å². The van der Waals surface area contributed by atoms with Crippen molar-refractivity contribution in [1.82, 2.24) is 4.90 Å². The zero-order valence-electron chi connectivity index (χ0n) is 8.23. The summed E-state index contributed by atoms with van der Waals surface area (Å²) in [5.74, 6) is -4.27. The Labute approximate surface area is 76.9 Å². The largest absolute Gasteiger partial charge is 0.337 e. The van der Waals surface area contributed by atoms with E-state index in [1.54, 1.807) is 0 Å². The highest BCUT2D eigenvalue weighted by Crippen LogP contribution is 2.31. The maximum atomic E-state index is 12.6. The van der Waals surface area contributed by atoms with E-state index in [1.807, 2.05) is 13.8 Å². The van der Waals surface area contributed by atoms with Crippen molar-refractivity contribution >= 4 is 5.91 Å². The number of nitrogens with zero attached hydrogens (tertiary/aromatic N) is 1. The third-order valence-corrected chi connectivity index (χ3v) is 2.34. The van der Waals surface area contributed by atoms with Crippen molar-refractivity contribution in [2.45, 2.75) is 33.1 Å². The van der Waals surface area contributed by atoms with Gasteiger partial charge in [-0.15, -0.1) is 0 Å². The number of amides is 1. The first kappa shape index (κ1) is 10.4. The molecule has 0 unspecified atom stereocenters.